The number of nitrogens with one attached hydrogen (secondary N) is 2. The predicted octanol–water partition coefficient (Wildman–Crippen LogP) is 3.47. The van der Waals surface area contributed by atoms with E-state index in [0.717, 1.165) is 37.0 Å². The number of benzene rings is 1. The Kier molecular flexibility index (Phi) is 5.37. The van der Waals surface area contributed by atoms with Crippen LogP contribution >= 0.6 is 0 Å². The van der Waals surface area contributed by atoms with Gasteiger partial charge in [0.1, 0.15) is 11.6 Å². The second-order valence-electron chi connectivity index (χ2n) is 9.29. The number of nitrogens with zero attached hydrogens (tertiary/aromatic N) is 1. The molecule has 5 rings (SSSR count). The van der Waals surface area contributed by atoms with E-state index >= 15 is 0 Å². The molecule has 30 heavy (non-hydrogen) atoms. The lowest BCUT2D eigenvalue weighted by atomic mass is 9.48. The zero-order valence-electron chi connectivity index (χ0n) is 17.0. The van der Waals surface area contributed by atoms with Gasteiger partial charge in [-0.2, -0.15) is 13.7 Å². The SMILES string of the molecule is CC(NC(=O)/C(C#N)=C\Nc1cccc(S(=O)(=O)O)c1)C12CC3CC(CC(C3)C1)C2. The van der Waals surface area contributed by atoms with Gasteiger partial charge in [-0.15, -0.1) is 0 Å². The van der Waals surface area contributed by atoms with Crippen molar-refractivity contribution in [2.45, 2.75) is 56.4 Å². The summed E-state index contributed by atoms with van der Waals surface area (Å²) in [5.41, 5.74) is 0.408. The number of carbonyl (C=O) groups is 1. The lowest BCUT2D eigenvalue weighted by Crippen LogP contribution is -2.56. The maximum atomic E-state index is 12.7. The van der Waals surface area contributed by atoms with E-state index in [0.29, 0.717) is 5.69 Å². The number of carbonyl (C=O) groups excluding carboxylic acids is 1. The van der Waals surface area contributed by atoms with E-state index in [2.05, 4.69) is 17.6 Å². The standard InChI is InChI=1S/C22H27N3O4S/c1-14(22-9-15-5-16(10-22)7-17(6-15)11-22)25-21(26)18(12-23)13-24-19-3-2-4-20(8-19)30(27,28)29/h2-4,8,13-17,24H,5-7,9-11H2,1H3,(H,25,26)(H,27,28,29)/b18-13-. The molecule has 4 bridgehead atoms. The van der Waals surface area contributed by atoms with Crippen LogP contribution < -0.4 is 10.6 Å². The molecule has 4 aliphatic rings. The first kappa shape index (κ1) is 20.9. The Morgan fingerprint density at radius 3 is 2.37 bits per heavy atom. The molecule has 1 atom stereocenters. The molecule has 1 aromatic carbocycles. The van der Waals surface area contributed by atoms with Gasteiger partial charge in [-0.1, -0.05) is 6.07 Å². The van der Waals surface area contributed by atoms with Gasteiger partial charge in [0.05, 0.1) is 4.90 Å². The molecule has 3 N–H and O–H groups in total. The van der Waals surface area contributed by atoms with Crippen molar-refractivity contribution in [3.8, 4) is 6.07 Å². The first-order valence-corrected chi connectivity index (χ1v) is 11.9. The van der Waals surface area contributed by atoms with Gasteiger partial charge in [0.25, 0.3) is 16.0 Å². The molecule has 8 heteroatoms. The summed E-state index contributed by atoms with van der Waals surface area (Å²) in [5, 5.41) is 15.3. The third-order valence-corrected chi connectivity index (χ3v) is 8.08. The molecule has 0 saturated heterocycles. The van der Waals surface area contributed by atoms with E-state index in [1.54, 1.807) is 6.07 Å². The minimum Gasteiger partial charge on any atom is -0.360 e. The number of nitriles is 1. The van der Waals surface area contributed by atoms with Crippen molar-refractivity contribution in [1.82, 2.24) is 5.32 Å². The summed E-state index contributed by atoms with van der Waals surface area (Å²) in [6.45, 7) is 2.06. The summed E-state index contributed by atoms with van der Waals surface area (Å²) in [5.74, 6) is 1.90. The van der Waals surface area contributed by atoms with Crippen molar-refractivity contribution in [1.29, 1.82) is 5.26 Å². The van der Waals surface area contributed by atoms with Crippen LogP contribution in [0, 0.1) is 34.5 Å². The Balaban J connectivity index is 1.44. The topological polar surface area (TPSA) is 119 Å². The third kappa shape index (κ3) is 4.09. The summed E-state index contributed by atoms with van der Waals surface area (Å²) >= 11 is 0. The largest absolute Gasteiger partial charge is 0.360 e. The molecule has 7 nitrogen and oxygen atoms in total. The second-order valence-corrected chi connectivity index (χ2v) is 10.7. The average Bonchev–Trinajstić information content (AvgIpc) is 2.67. The highest BCUT2D eigenvalue weighted by atomic mass is 32.2. The van der Waals surface area contributed by atoms with Gasteiger partial charge in [-0.3, -0.25) is 9.35 Å². The van der Waals surface area contributed by atoms with Crippen molar-refractivity contribution in [2.24, 2.45) is 23.2 Å². The molecule has 1 aromatic rings. The molecule has 0 radical (unpaired) electrons. The predicted molar refractivity (Wildman–Crippen MR) is 112 cm³/mol. The molecular weight excluding hydrogens is 402 g/mol. The normalized spacial score (nSPS) is 31.1. The summed E-state index contributed by atoms with van der Waals surface area (Å²) in [4.78, 5) is 12.5. The van der Waals surface area contributed by atoms with E-state index in [9.17, 15) is 18.5 Å². The first-order valence-electron chi connectivity index (χ1n) is 10.4. The summed E-state index contributed by atoms with van der Waals surface area (Å²) in [6, 6.07) is 7.44. The Hall–Kier alpha value is -2.37. The molecule has 4 fully saturated rings. The number of hydrogen-bond donors (Lipinski definition) is 3. The quantitative estimate of drug-likeness (QED) is 0.362. The number of rotatable bonds is 6. The van der Waals surface area contributed by atoms with E-state index in [4.69, 9.17) is 4.55 Å². The third-order valence-electron chi connectivity index (χ3n) is 7.23. The highest BCUT2D eigenvalue weighted by Gasteiger charge is 2.53. The minimum absolute atomic E-state index is 0.00184. The summed E-state index contributed by atoms with van der Waals surface area (Å²) < 4.78 is 31.7. The van der Waals surface area contributed by atoms with Crippen LogP contribution in [0.25, 0.3) is 0 Å². The van der Waals surface area contributed by atoms with Gasteiger partial charge in [0, 0.05) is 17.9 Å². The Morgan fingerprint density at radius 2 is 1.83 bits per heavy atom. The van der Waals surface area contributed by atoms with Crippen LogP contribution in [0.15, 0.2) is 40.9 Å². The maximum Gasteiger partial charge on any atom is 0.294 e. The highest BCUT2D eigenvalue weighted by Crippen LogP contribution is 2.61. The van der Waals surface area contributed by atoms with E-state index in [1.165, 1.54) is 43.7 Å². The molecule has 4 aliphatic carbocycles. The Morgan fingerprint density at radius 1 is 1.23 bits per heavy atom. The lowest BCUT2D eigenvalue weighted by molar-refractivity contribution is -0.122. The molecule has 4 saturated carbocycles. The summed E-state index contributed by atoms with van der Waals surface area (Å²) in [6.07, 6.45) is 8.73. The van der Waals surface area contributed by atoms with Crippen molar-refractivity contribution in [2.75, 3.05) is 5.32 Å². The zero-order chi connectivity index (χ0) is 21.5. The first-order chi connectivity index (χ1) is 14.2. The van der Waals surface area contributed by atoms with Crippen LogP contribution in [0.1, 0.15) is 45.4 Å². The van der Waals surface area contributed by atoms with Crippen molar-refractivity contribution in [3.63, 3.8) is 0 Å². The minimum atomic E-state index is -4.33. The molecule has 0 aliphatic heterocycles. The number of anilines is 1. The lowest BCUT2D eigenvalue weighted by Gasteiger charge is -2.59. The van der Waals surface area contributed by atoms with Crippen LogP contribution in [0.5, 0.6) is 0 Å². The van der Waals surface area contributed by atoms with E-state index in [1.807, 2.05) is 6.07 Å². The average molecular weight is 430 g/mol. The van der Waals surface area contributed by atoms with E-state index < -0.39 is 16.0 Å². The Bertz CT molecular complexity index is 990. The van der Waals surface area contributed by atoms with Gasteiger partial charge < -0.3 is 10.6 Å². The van der Waals surface area contributed by atoms with Crippen molar-refractivity contribution < 1.29 is 17.8 Å². The van der Waals surface area contributed by atoms with Crippen molar-refractivity contribution in [3.05, 3.63) is 36.0 Å². The van der Waals surface area contributed by atoms with Gasteiger partial charge in [-0.25, -0.2) is 0 Å². The molecule has 0 spiro atoms. The van der Waals surface area contributed by atoms with Crippen LogP contribution in [0.3, 0.4) is 0 Å². The molecule has 0 aromatic heterocycles. The van der Waals surface area contributed by atoms with E-state index in [-0.39, 0.29) is 21.9 Å². The van der Waals surface area contributed by atoms with Crippen LogP contribution in [-0.4, -0.2) is 24.9 Å². The van der Waals surface area contributed by atoms with Crippen molar-refractivity contribution >= 4 is 21.7 Å². The fraction of sp³-hybridized carbons (Fsp3) is 0.545. The van der Waals surface area contributed by atoms with Crippen LogP contribution in [0.4, 0.5) is 5.69 Å². The van der Waals surface area contributed by atoms with Crippen LogP contribution in [0.2, 0.25) is 0 Å². The smallest absolute Gasteiger partial charge is 0.294 e. The van der Waals surface area contributed by atoms with Gasteiger partial charge >= 0.3 is 0 Å². The molecule has 1 amide bonds. The molecule has 1 unspecified atom stereocenters. The highest BCUT2D eigenvalue weighted by molar-refractivity contribution is 7.85. The number of hydrogen-bond acceptors (Lipinski definition) is 5. The molecular formula is C22H27N3O4S. The monoisotopic (exact) mass is 429 g/mol. The maximum absolute atomic E-state index is 12.7. The Labute approximate surface area is 177 Å². The van der Waals surface area contributed by atoms with Gasteiger partial charge in [0.15, 0.2) is 0 Å². The number of amides is 1. The van der Waals surface area contributed by atoms with Crippen LogP contribution in [-0.2, 0) is 14.9 Å². The second kappa shape index (κ2) is 7.71. The fourth-order valence-corrected chi connectivity index (χ4v) is 6.71. The molecule has 0 heterocycles. The summed E-state index contributed by atoms with van der Waals surface area (Å²) in [7, 11) is -4.33. The molecule has 160 valence electrons. The fourth-order valence-electron chi connectivity index (χ4n) is 6.19. The van der Waals surface area contributed by atoms with Gasteiger partial charge in [0.2, 0.25) is 0 Å². The zero-order valence-corrected chi connectivity index (χ0v) is 17.8. The van der Waals surface area contributed by atoms with Gasteiger partial charge in [-0.05, 0) is 86.8 Å².